The number of benzene rings is 1. The van der Waals surface area contributed by atoms with Gasteiger partial charge in [0.25, 0.3) is 0 Å². The van der Waals surface area contributed by atoms with E-state index in [9.17, 15) is 9.18 Å². The third kappa shape index (κ3) is 2.36. The summed E-state index contributed by atoms with van der Waals surface area (Å²) in [6.45, 7) is 2.17. The number of carbonyl (C=O) groups is 1. The van der Waals surface area contributed by atoms with Gasteiger partial charge in [-0.15, -0.1) is 0 Å². The second kappa shape index (κ2) is 5.02. The van der Waals surface area contributed by atoms with Crippen molar-refractivity contribution in [3.63, 3.8) is 0 Å². The van der Waals surface area contributed by atoms with Crippen LogP contribution in [0.2, 0.25) is 5.02 Å². The maximum absolute atomic E-state index is 14.0. The highest BCUT2D eigenvalue weighted by atomic mass is 35.5. The largest absolute Gasteiger partial charge is 0.486 e. The van der Waals surface area contributed by atoms with E-state index in [1.54, 1.807) is 0 Å². The predicted molar refractivity (Wildman–Crippen MR) is 62.9 cm³/mol. The number of halogens is 2. The molecule has 0 saturated heterocycles. The number of ether oxygens (including phenoxy) is 2. The van der Waals surface area contributed by atoms with E-state index in [4.69, 9.17) is 26.2 Å². The van der Waals surface area contributed by atoms with Crippen LogP contribution in [0.4, 0.5) is 4.39 Å². The lowest BCUT2D eigenvalue weighted by atomic mass is 9.99. The monoisotopic (exact) mass is 274 g/mol. The van der Waals surface area contributed by atoms with Gasteiger partial charge < -0.3 is 14.6 Å². The Kier molecular flexibility index (Phi) is 3.61. The molecule has 98 valence electrons. The second-order valence-electron chi connectivity index (χ2n) is 4.12. The fourth-order valence-corrected chi connectivity index (χ4v) is 1.99. The van der Waals surface area contributed by atoms with Crippen molar-refractivity contribution in [3.8, 4) is 11.5 Å². The van der Waals surface area contributed by atoms with Gasteiger partial charge in [-0.3, -0.25) is 4.79 Å². The highest BCUT2D eigenvalue weighted by Gasteiger charge is 2.25. The van der Waals surface area contributed by atoms with Gasteiger partial charge in [0.1, 0.15) is 19.0 Å². The van der Waals surface area contributed by atoms with Crippen molar-refractivity contribution < 1.29 is 23.8 Å². The van der Waals surface area contributed by atoms with Crippen LogP contribution >= 0.6 is 11.6 Å². The smallest absolute Gasteiger partial charge is 0.306 e. The summed E-state index contributed by atoms with van der Waals surface area (Å²) in [7, 11) is 0. The van der Waals surface area contributed by atoms with Gasteiger partial charge in [0, 0.05) is 11.6 Å². The predicted octanol–water partition coefficient (Wildman–Crippen LogP) is 2.51. The Bertz CT molecular complexity index is 489. The van der Waals surface area contributed by atoms with Crippen LogP contribution in [-0.2, 0) is 11.2 Å². The number of hydrogen-bond donors (Lipinski definition) is 1. The summed E-state index contributed by atoms with van der Waals surface area (Å²) in [6.07, 6.45) is 0.00736. The first-order chi connectivity index (χ1) is 8.50. The Morgan fingerprint density at radius 1 is 1.56 bits per heavy atom. The molecule has 0 radical (unpaired) electrons. The van der Waals surface area contributed by atoms with Gasteiger partial charge in [-0.05, 0) is 6.42 Å². The lowest BCUT2D eigenvalue weighted by molar-refractivity contribution is -0.141. The van der Waals surface area contributed by atoms with Crippen LogP contribution in [-0.4, -0.2) is 24.3 Å². The van der Waals surface area contributed by atoms with Crippen molar-refractivity contribution in [2.45, 2.75) is 13.3 Å². The number of aliphatic carboxylic acids is 1. The van der Waals surface area contributed by atoms with Crippen molar-refractivity contribution >= 4 is 17.6 Å². The first-order valence-electron chi connectivity index (χ1n) is 5.50. The Morgan fingerprint density at radius 2 is 2.22 bits per heavy atom. The molecular formula is C12H12ClFO4. The van der Waals surface area contributed by atoms with E-state index in [0.29, 0.717) is 19.0 Å². The lowest BCUT2D eigenvalue weighted by Crippen LogP contribution is -2.19. The van der Waals surface area contributed by atoms with Gasteiger partial charge in [-0.1, -0.05) is 18.5 Å². The quantitative estimate of drug-likeness (QED) is 0.920. The molecule has 0 aliphatic carbocycles. The molecule has 0 aromatic heterocycles. The first-order valence-corrected chi connectivity index (χ1v) is 5.87. The maximum Gasteiger partial charge on any atom is 0.306 e. The highest BCUT2D eigenvalue weighted by Crippen LogP contribution is 2.40. The molecule has 1 aromatic rings. The molecule has 0 saturated carbocycles. The summed E-state index contributed by atoms with van der Waals surface area (Å²) in [5, 5.41) is 8.79. The average molecular weight is 275 g/mol. The van der Waals surface area contributed by atoms with Gasteiger partial charge in [0.2, 0.25) is 0 Å². The molecule has 0 fully saturated rings. The number of carboxylic acids is 1. The summed E-state index contributed by atoms with van der Waals surface area (Å²) in [4.78, 5) is 10.8. The minimum atomic E-state index is -1.00. The van der Waals surface area contributed by atoms with E-state index in [0.717, 1.165) is 0 Å². The van der Waals surface area contributed by atoms with Crippen molar-refractivity contribution in [1.82, 2.24) is 0 Å². The molecule has 1 unspecified atom stereocenters. The van der Waals surface area contributed by atoms with Gasteiger partial charge in [-0.25, -0.2) is 4.39 Å². The van der Waals surface area contributed by atoms with Gasteiger partial charge >= 0.3 is 5.97 Å². The molecule has 1 heterocycles. The average Bonchev–Trinajstić information content (AvgIpc) is 2.34. The standard InChI is InChI=1S/C12H12ClFO4/c1-6(12(15)16)4-7-10(14)8(13)5-9-11(7)18-3-2-17-9/h5-6H,2-4H2,1H3,(H,15,16). The van der Waals surface area contributed by atoms with Crippen LogP contribution in [0, 0.1) is 11.7 Å². The number of hydrogen-bond acceptors (Lipinski definition) is 3. The summed E-state index contributed by atoms with van der Waals surface area (Å²) in [5.41, 5.74) is 0.159. The highest BCUT2D eigenvalue weighted by molar-refractivity contribution is 6.31. The Balaban J connectivity index is 2.43. The van der Waals surface area contributed by atoms with E-state index in [2.05, 4.69) is 0 Å². The summed E-state index contributed by atoms with van der Waals surface area (Å²) >= 11 is 5.76. The third-order valence-electron chi connectivity index (χ3n) is 2.75. The van der Waals surface area contributed by atoms with E-state index < -0.39 is 17.7 Å². The molecule has 0 amide bonds. The van der Waals surface area contributed by atoms with Crippen LogP contribution in [0.1, 0.15) is 12.5 Å². The molecule has 0 spiro atoms. The lowest BCUT2D eigenvalue weighted by Gasteiger charge is -2.22. The van der Waals surface area contributed by atoms with Crippen molar-refractivity contribution in [2.24, 2.45) is 5.92 Å². The number of rotatable bonds is 3. The van der Waals surface area contributed by atoms with Crippen LogP contribution in [0.3, 0.4) is 0 Å². The fourth-order valence-electron chi connectivity index (χ4n) is 1.77. The molecule has 18 heavy (non-hydrogen) atoms. The Morgan fingerprint density at radius 3 is 2.89 bits per heavy atom. The first kappa shape index (κ1) is 13.0. The Hall–Kier alpha value is -1.49. The third-order valence-corrected chi connectivity index (χ3v) is 3.02. The van der Waals surface area contributed by atoms with E-state index in [1.807, 2.05) is 0 Å². The molecule has 4 nitrogen and oxygen atoms in total. The molecule has 1 atom stereocenters. The molecule has 1 aliphatic rings. The van der Waals surface area contributed by atoms with Crippen molar-refractivity contribution in [1.29, 1.82) is 0 Å². The molecule has 1 N–H and O–H groups in total. The summed E-state index contributed by atoms with van der Waals surface area (Å²) in [5.74, 6) is -1.75. The molecule has 1 aliphatic heterocycles. The van der Waals surface area contributed by atoms with E-state index >= 15 is 0 Å². The molecular weight excluding hydrogens is 263 g/mol. The van der Waals surface area contributed by atoms with Crippen molar-refractivity contribution in [2.75, 3.05) is 13.2 Å². The van der Waals surface area contributed by atoms with Crippen LogP contribution in [0.25, 0.3) is 0 Å². The molecule has 2 rings (SSSR count). The summed E-state index contributed by atoms with van der Waals surface area (Å²) < 4.78 is 24.6. The van der Waals surface area contributed by atoms with Crippen molar-refractivity contribution in [3.05, 3.63) is 22.5 Å². The fraction of sp³-hybridized carbons (Fsp3) is 0.417. The number of fused-ring (bicyclic) bond motifs is 1. The van der Waals surface area contributed by atoms with E-state index in [-0.39, 0.29) is 22.8 Å². The van der Waals surface area contributed by atoms with Gasteiger partial charge in [0.15, 0.2) is 11.5 Å². The minimum Gasteiger partial charge on any atom is -0.486 e. The van der Waals surface area contributed by atoms with Gasteiger partial charge in [0.05, 0.1) is 10.9 Å². The molecule has 1 aromatic carbocycles. The number of carboxylic acid groups (broad SMARTS) is 1. The second-order valence-corrected chi connectivity index (χ2v) is 4.53. The maximum atomic E-state index is 14.0. The van der Waals surface area contributed by atoms with Crippen LogP contribution in [0.5, 0.6) is 11.5 Å². The molecule has 6 heteroatoms. The van der Waals surface area contributed by atoms with E-state index in [1.165, 1.54) is 13.0 Å². The molecule has 0 bridgehead atoms. The Labute approximate surface area is 108 Å². The zero-order chi connectivity index (χ0) is 13.3. The van der Waals surface area contributed by atoms with Crippen LogP contribution in [0.15, 0.2) is 6.07 Å². The zero-order valence-electron chi connectivity index (χ0n) is 9.70. The van der Waals surface area contributed by atoms with Gasteiger partial charge in [-0.2, -0.15) is 0 Å². The van der Waals surface area contributed by atoms with Crippen LogP contribution < -0.4 is 9.47 Å². The normalized spacial score (nSPS) is 15.3. The summed E-state index contributed by atoms with van der Waals surface area (Å²) in [6, 6.07) is 1.35. The zero-order valence-corrected chi connectivity index (χ0v) is 10.5. The minimum absolute atomic E-state index is 0.00736. The SMILES string of the molecule is CC(Cc1c(F)c(Cl)cc2c1OCCO2)C(=O)O. The topological polar surface area (TPSA) is 55.8 Å².